The highest BCUT2D eigenvalue weighted by Crippen LogP contribution is 2.37. The Balaban J connectivity index is 1.32. The first-order valence-electron chi connectivity index (χ1n) is 12.0. The van der Waals surface area contributed by atoms with E-state index in [0.717, 1.165) is 54.2 Å². The van der Waals surface area contributed by atoms with Crippen molar-refractivity contribution in [3.05, 3.63) is 101 Å². The number of aromatic nitrogens is 2. The van der Waals surface area contributed by atoms with E-state index in [2.05, 4.69) is 58.3 Å². The van der Waals surface area contributed by atoms with Crippen LogP contribution in [0.15, 0.2) is 78.4 Å². The summed E-state index contributed by atoms with van der Waals surface area (Å²) in [7, 11) is 2.18. The zero-order chi connectivity index (χ0) is 24.3. The summed E-state index contributed by atoms with van der Waals surface area (Å²) in [5.41, 5.74) is 10.6. The van der Waals surface area contributed by atoms with Crippen LogP contribution < -0.4 is 5.73 Å². The van der Waals surface area contributed by atoms with Gasteiger partial charge in [0.15, 0.2) is 5.78 Å². The fourth-order valence-corrected chi connectivity index (χ4v) is 5.65. The number of carbonyl (C=O) groups excluding carboxylic acids is 1. The number of nitrogens with zero attached hydrogens (tertiary/aromatic N) is 3. The van der Waals surface area contributed by atoms with E-state index in [4.69, 9.17) is 5.73 Å². The van der Waals surface area contributed by atoms with Crippen LogP contribution in [-0.2, 0) is 18.3 Å². The minimum Gasteiger partial charge on any atom is -0.398 e. The van der Waals surface area contributed by atoms with E-state index in [9.17, 15) is 4.79 Å². The molecule has 178 valence electrons. The molecule has 5 nitrogen and oxygen atoms in total. The maximum Gasteiger partial charge on any atom is 0.170 e. The van der Waals surface area contributed by atoms with Gasteiger partial charge in [-0.3, -0.25) is 4.79 Å². The molecule has 0 atom stereocenters. The quantitative estimate of drug-likeness (QED) is 0.281. The average Bonchev–Trinajstić information content (AvgIpc) is 3.43. The van der Waals surface area contributed by atoms with E-state index in [1.165, 1.54) is 5.56 Å². The molecule has 0 radical (unpaired) electrons. The fraction of sp³-hybridized carbons (Fsp3) is 0.276. The van der Waals surface area contributed by atoms with Crippen LogP contribution in [0.2, 0.25) is 0 Å². The van der Waals surface area contributed by atoms with Gasteiger partial charge < -0.3 is 10.6 Å². The first kappa shape index (κ1) is 23.4. The number of piperidine rings is 1. The summed E-state index contributed by atoms with van der Waals surface area (Å²) < 4.78 is 0. The third kappa shape index (κ3) is 5.19. The van der Waals surface area contributed by atoms with Crippen molar-refractivity contribution in [1.82, 2.24) is 14.9 Å². The molecule has 2 aromatic heterocycles. The van der Waals surface area contributed by atoms with Gasteiger partial charge in [-0.15, -0.1) is 11.3 Å². The van der Waals surface area contributed by atoms with Crippen molar-refractivity contribution in [1.29, 1.82) is 0 Å². The van der Waals surface area contributed by atoms with Crippen LogP contribution in [0.4, 0.5) is 5.69 Å². The number of hydrogen-bond donors (Lipinski definition) is 1. The predicted molar refractivity (Wildman–Crippen MR) is 143 cm³/mol. The smallest absolute Gasteiger partial charge is 0.170 e. The SMILES string of the molecule is CN1CCC(Cc2ncc(C(=O)Cc3cc(-c4cccs4)ccc3N)cn2)(c2ccccc2)CC1. The second-order valence-electron chi connectivity index (χ2n) is 9.51. The Morgan fingerprint density at radius 1 is 1.03 bits per heavy atom. The fourth-order valence-electron chi connectivity index (χ4n) is 4.93. The van der Waals surface area contributed by atoms with Crippen LogP contribution >= 0.6 is 11.3 Å². The van der Waals surface area contributed by atoms with Gasteiger partial charge in [-0.25, -0.2) is 9.97 Å². The van der Waals surface area contributed by atoms with Crippen LogP contribution in [0, 0.1) is 0 Å². The lowest BCUT2D eigenvalue weighted by Gasteiger charge is -2.41. The number of hydrogen-bond acceptors (Lipinski definition) is 6. The lowest BCUT2D eigenvalue weighted by molar-refractivity contribution is 0.0992. The summed E-state index contributed by atoms with van der Waals surface area (Å²) in [6, 6.07) is 20.7. The topological polar surface area (TPSA) is 72.1 Å². The predicted octanol–water partition coefficient (Wildman–Crippen LogP) is 5.42. The van der Waals surface area contributed by atoms with Crippen molar-refractivity contribution in [3.8, 4) is 10.4 Å². The van der Waals surface area contributed by atoms with Crippen molar-refractivity contribution in [2.45, 2.75) is 31.1 Å². The van der Waals surface area contributed by atoms with Crippen molar-refractivity contribution in [2.75, 3.05) is 25.9 Å². The van der Waals surface area contributed by atoms with Crippen LogP contribution in [0.1, 0.15) is 40.2 Å². The van der Waals surface area contributed by atoms with E-state index >= 15 is 0 Å². The molecule has 5 rings (SSSR count). The third-order valence-corrected chi connectivity index (χ3v) is 8.07. The van der Waals surface area contributed by atoms with Gasteiger partial charge in [0.05, 0.1) is 5.56 Å². The largest absolute Gasteiger partial charge is 0.398 e. The number of nitrogens with two attached hydrogens (primary N) is 1. The highest BCUT2D eigenvalue weighted by Gasteiger charge is 2.36. The molecule has 1 fully saturated rings. The van der Waals surface area contributed by atoms with Gasteiger partial charge in [0.25, 0.3) is 0 Å². The van der Waals surface area contributed by atoms with Gasteiger partial charge in [0.1, 0.15) is 5.82 Å². The van der Waals surface area contributed by atoms with Crippen molar-refractivity contribution in [3.63, 3.8) is 0 Å². The molecule has 0 saturated carbocycles. The Labute approximate surface area is 210 Å². The molecule has 0 spiro atoms. The monoisotopic (exact) mass is 482 g/mol. The molecular weight excluding hydrogens is 452 g/mol. The maximum absolute atomic E-state index is 13.0. The Morgan fingerprint density at radius 3 is 2.46 bits per heavy atom. The van der Waals surface area contributed by atoms with Crippen LogP contribution in [0.5, 0.6) is 0 Å². The molecule has 0 unspecified atom stereocenters. The summed E-state index contributed by atoms with van der Waals surface area (Å²) in [4.78, 5) is 25.8. The number of nitrogen functional groups attached to an aromatic ring is 1. The third-order valence-electron chi connectivity index (χ3n) is 7.15. The van der Waals surface area contributed by atoms with Gasteiger partial charge in [0.2, 0.25) is 0 Å². The first-order valence-corrected chi connectivity index (χ1v) is 12.9. The molecule has 1 saturated heterocycles. The van der Waals surface area contributed by atoms with Crippen LogP contribution in [0.25, 0.3) is 10.4 Å². The van der Waals surface area contributed by atoms with Crippen LogP contribution in [0.3, 0.4) is 0 Å². The minimum absolute atomic E-state index is 0.0238. The first-order chi connectivity index (χ1) is 17.0. The highest BCUT2D eigenvalue weighted by molar-refractivity contribution is 7.13. The van der Waals surface area contributed by atoms with Crippen LogP contribution in [-0.4, -0.2) is 40.8 Å². The number of Topliss-reactive ketones (excluding diaryl/α,β-unsaturated/α-hetero) is 1. The number of thiophene rings is 1. The molecule has 2 aromatic carbocycles. The number of anilines is 1. The molecule has 0 aliphatic carbocycles. The second-order valence-corrected chi connectivity index (χ2v) is 10.5. The Bertz CT molecular complexity index is 1280. The molecule has 1 aliphatic rings. The van der Waals surface area contributed by atoms with Gasteiger partial charge in [-0.2, -0.15) is 0 Å². The van der Waals surface area contributed by atoms with Gasteiger partial charge in [0, 0.05) is 41.2 Å². The van der Waals surface area contributed by atoms with Crippen molar-refractivity contribution in [2.24, 2.45) is 0 Å². The molecule has 6 heteroatoms. The van der Waals surface area contributed by atoms with Crippen molar-refractivity contribution >= 4 is 22.8 Å². The molecule has 1 aliphatic heterocycles. The number of benzene rings is 2. The zero-order valence-corrected chi connectivity index (χ0v) is 20.8. The second kappa shape index (κ2) is 10.1. The van der Waals surface area contributed by atoms with Gasteiger partial charge in [-0.1, -0.05) is 42.5 Å². The Kier molecular flexibility index (Phi) is 6.75. The maximum atomic E-state index is 13.0. The van der Waals surface area contributed by atoms with E-state index in [-0.39, 0.29) is 17.6 Å². The lowest BCUT2D eigenvalue weighted by atomic mass is 9.70. The summed E-state index contributed by atoms with van der Waals surface area (Å²) >= 11 is 1.67. The summed E-state index contributed by atoms with van der Waals surface area (Å²) in [6.45, 7) is 2.11. The lowest BCUT2D eigenvalue weighted by Crippen LogP contribution is -2.42. The number of likely N-dealkylation sites (tertiary alicyclic amines) is 1. The number of ketones is 1. The molecule has 3 heterocycles. The summed E-state index contributed by atoms with van der Waals surface area (Å²) in [5, 5.41) is 2.04. The number of rotatable bonds is 7. The van der Waals surface area contributed by atoms with E-state index < -0.39 is 0 Å². The molecule has 0 bridgehead atoms. The van der Waals surface area contributed by atoms with Crippen molar-refractivity contribution < 1.29 is 4.79 Å². The Hall–Kier alpha value is -3.35. The molecule has 0 amide bonds. The van der Waals surface area contributed by atoms with E-state index in [1.54, 1.807) is 23.7 Å². The highest BCUT2D eigenvalue weighted by atomic mass is 32.1. The standard InChI is InChI=1S/C29H30N4OS/c1-33-13-11-29(12-14-33,24-6-3-2-4-7-24)18-28-31-19-23(20-32-28)26(34)17-22-16-21(9-10-25(22)30)27-8-5-15-35-27/h2-10,15-16,19-20H,11-14,17-18,30H2,1H3. The zero-order valence-electron chi connectivity index (χ0n) is 20.0. The Morgan fingerprint density at radius 2 is 1.77 bits per heavy atom. The average molecular weight is 483 g/mol. The molecular formula is C29H30N4OS. The summed E-state index contributed by atoms with van der Waals surface area (Å²) in [6.07, 6.45) is 6.49. The number of carbonyl (C=O) groups is 1. The minimum atomic E-state index is -0.0244. The summed E-state index contributed by atoms with van der Waals surface area (Å²) in [5.74, 6) is 0.762. The van der Waals surface area contributed by atoms with E-state index in [1.807, 2.05) is 29.6 Å². The van der Waals surface area contributed by atoms with Gasteiger partial charge >= 0.3 is 0 Å². The normalized spacial score (nSPS) is 15.7. The van der Waals surface area contributed by atoms with Gasteiger partial charge in [-0.05, 0) is 73.2 Å². The molecule has 35 heavy (non-hydrogen) atoms. The van der Waals surface area contributed by atoms with E-state index in [0.29, 0.717) is 11.3 Å². The molecule has 4 aromatic rings. The molecule has 2 N–H and O–H groups in total.